The number of rotatable bonds is 3. The van der Waals surface area contributed by atoms with Crippen molar-refractivity contribution in [1.29, 1.82) is 0 Å². The average Bonchev–Trinajstić information content (AvgIpc) is 2.65. The minimum absolute atomic E-state index is 0.117. The Morgan fingerprint density at radius 3 is 2.64 bits per heavy atom. The maximum atomic E-state index is 12.5. The molecule has 1 aromatic heterocycles. The highest BCUT2D eigenvalue weighted by atomic mass is 35.5. The molecule has 2 aromatic rings. The molecule has 1 saturated heterocycles. The lowest BCUT2D eigenvalue weighted by molar-refractivity contribution is 0.0718. The van der Waals surface area contributed by atoms with Crippen LogP contribution in [0.4, 0.5) is 5.69 Å². The van der Waals surface area contributed by atoms with Crippen LogP contribution in [0, 0.1) is 6.92 Å². The van der Waals surface area contributed by atoms with Gasteiger partial charge in [-0.15, -0.1) is 0 Å². The van der Waals surface area contributed by atoms with Crippen molar-refractivity contribution in [1.82, 2.24) is 9.88 Å². The molecule has 0 aliphatic carbocycles. The van der Waals surface area contributed by atoms with Crippen molar-refractivity contribution in [3.8, 4) is 0 Å². The van der Waals surface area contributed by atoms with E-state index >= 15 is 0 Å². The van der Waals surface area contributed by atoms with Gasteiger partial charge in [-0.3, -0.25) is 14.6 Å². The zero-order valence-corrected chi connectivity index (χ0v) is 14.8. The minimum atomic E-state index is -0.291. The van der Waals surface area contributed by atoms with Crippen molar-refractivity contribution >= 4 is 29.1 Å². The maximum Gasteiger partial charge on any atom is 0.272 e. The van der Waals surface area contributed by atoms with Gasteiger partial charge in [0, 0.05) is 35.6 Å². The van der Waals surface area contributed by atoms with Crippen LogP contribution in [0.15, 0.2) is 36.5 Å². The van der Waals surface area contributed by atoms with Gasteiger partial charge in [0.15, 0.2) is 0 Å². The van der Waals surface area contributed by atoms with Crippen LogP contribution in [0.5, 0.6) is 0 Å². The highest BCUT2D eigenvalue weighted by Crippen LogP contribution is 2.21. The van der Waals surface area contributed by atoms with E-state index in [2.05, 4.69) is 10.3 Å². The number of halogens is 1. The molecule has 1 aliphatic rings. The van der Waals surface area contributed by atoms with Crippen LogP contribution in [0.3, 0.4) is 0 Å². The number of hydrogen-bond donors (Lipinski definition) is 1. The fraction of sp³-hybridized carbons (Fsp3) is 0.316. The van der Waals surface area contributed by atoms with Crippen LogP contribution in [0.25, 0.3) is 0 Å². The first-order valence-electron chi connectivity index (χ1n) is 8.37. The van der Waals surface area contributed by atoms with Gasteiger partial charge < -0.3 is 10.2 Å². The third-order valence-electron chi connectivity index (χ3n) is 4.33. The summed E-state index contributed by atoms with van der Waals surface area (Å²) in [4.78, 5) is 31.0. The number of likely N-dealkylation sites (tertiary alicyclic amines) is 1. The largest absolute Gasteiger partial charge is 0.337 e. The zero-order valence-electron chi connectivity index (χ0n) is 14.1. The fourth-order valence-electron chi connectivity index (χ4n) is 2.87. The number of carbonyl (C=O) groups is 2. The molecule has 2 amide bonds. The van der Waals surface area contributed by atoms with Gasteiger partial charge in [-0.25, -0.2) is 0 Å². The summed E-state index contributed by atoms with van der Waals surface area (Å²) in [6, 6.07) is 8.47. The van der Waals surface area contributed by atoms with Crippen molar-refractivity contribution in [2.75, 3.05) is 18.4 Å². The molecule has 1 N–H and O–H groups in total. The number of benzene rings is 1. The number of amides is 2. The Bertz CT molecular complexity index is 801. The molecule has 1 fully saturated rings. The van der Waals surface area contributed by atoms with E-state index in [1.54, 1.807) is 29.2 Å². The van der Waals surface area contributed by atoms with E-state index in [9.17, 15) is 9.59 Å². The Kier molecular flexibility index (Phi) is 5.34. The van der Waals surface area contributed by atoms with Gasteiger partial charge >= 0.3 is 0 Å². The average molecular weight is 358 g/mol. The quantitative estimate of drug-likeness (QED) is 0.905. The molecule has 130 valence electrons. The minimum Gasteiger partial charge on any atom is -0.337 e. The van der Waals surface area contributed by atoms with Gasteiger partial charge in [-0.05, 0) is 56.0 Å². The van der Waals surface area contributed by atoms with Gasteiger partial charge in [-0.2, -0.15) is 0 Å². The SMILES string of the molecule is Cc1ccc(Cl)cc1NC(=O)c1ccnc(C(=O)N2CCCCC2)c1. The third-order valence-corrected chi connectivity index (χ3v) is 4.57. The Balaban J connectivity index is 1.77. The Morgan fingerprint density at radius 2 is 1.88 bits per heavy atom. The van der Waals surface area contributed by atoms with Gasteiger partial charge in [0.05, 0.1) is 0 Å². The summed E-state index contributed by atoms with van der Waals surface area (Å²) in [5.41, 5.74) is 2.27. The summed E-state index contributed by atoms with van der Waals surface area (Å²) < 4.78 is 0. The first kappa shape index (κ1) is 17.4. The molecular formula is C19H20ClN3O2. The van der Waals surface area contributed by atoms with E-state index in [0.717, 1.165) is 37.9 Å². The second-order valence-corrected chi connectivity index (χ2v) is 6.63. The molecule has 0 saturated carbocycles. The maximum absolute atomic E-state index is 12.5. The van der Waals surface area contributed by atoms with E-state index in [4.69, 9.17) is 11.6 Å². The Morgan fingerprint density at radius 1 is 1.12 bits per heavy atom. The molecule has 3 rings (SSSR count). The van der Waals surface area contributed by atoms with Crippen molar-refractivity contribution in [2.45, 2.75) is 26.2 Å². The van der Waals surface area contributed by atoms with E-state index in [0.29, 0.717) is 22.0 Å². The molecule has 25 heavy (non-hydrogen) atoms. The predicted octanol–water partition coefficient (Wildman–Crippen LogP) is 3.92. The molecule has 6 heteroatoms. The Hall–Kier alpha value is -2.40. The predicted molar refractivity (Wildman–Crippen MR) is 98.1 cm³/mol. The number of anilines is 1. The molecule has 1 aromatic carbocycles. The number of nitrogens with zero attached hydrogens (tertiary/aromatic N) is 2. The molecule has 0 spiro atoms. The van der Waals surface area contributed by atoms with Crippen LogP contribution >= 0.6 is 11.6 Å². The van der Waals surface area contributed by atoms with Crippen LogP contribution in [0.2, 0.25) is 5.02 Å². The standard InChI is InChI=1S/C19H20ClN3O2/c1-13-5-6-15(20)12-16(13)22-18(24)14-7-8-21-17(11-14)19(25)23-9-3-2-4-10-23/h5-8,11-12H,2-4,9-10H2,1H3,(H,22,24). The van der Waals surface area contributed by atoms with Crippen LogP contribution in [-0.2, 0) is 0 Å². The monoisotopic (exact) mass is 357 g/mol. The molecule has 0 bridgehead atoms. The molecule has 0 radical (unpaired) electrons. The number of carbonyl (C=O) groups excluding carboxylic acids is 2. The van der Waals surface area contributed by atoms with Crippen LogP contribution < -0.4 is 5.32 Å². The van der Waals surface area contributed by atoms with Crippen LogP contribution in [0.1, 0.15) is 45.7 Å². The molecule has 1 aliphatic heterocycles. The normalized spacial score (nSPS) is 14.2. The first-order valence-corrected chi connectivity index (χ1v) is 8.75. The zero-order chi connectivity index (χ0) is 17.8. The summed E-state index contributed by atoms with van der Waals surface area (Å²) >= 11 is 5.99. The molecule has 0 atom stereocenters. The van der Waals surface area contributed by atoms with E-state index in [1.165, 1.54) is 6.20 Å². The summed E-state index contributed by atoms with van der Waals surface area (Å²) in [5.74, 6) is -0.409. The first-order chi connectivity index (χ1) is 12.0. The van der Waals surface area contributed by atoms with Crippen molar-refractivity contribution in [2.24, 2.45) is 0 Å². The number of aryl methyl sites for hydroxylation is 1. The Labute approximate surface area is 152 Å². The van der Waals surface area contributed by atoms with Gasteiger partial charge in [0.25, 0.3) is 11.8 Å². The molecular weight excluding hydrogens is 338 g/mol. The fourth-order valence-corrected chi connectivity index (χ4v) is 3.04. The van der Waals surface area contributed by atoms with Gasteiger partial charge in [0.1, 0.15) is 5.69 Å². The summed E-state index contributed by atoms with van der Waals surface area (Å²) in [7, 11) is 0. The van der Waals surface area contributed by atoms with E-state index < -0.39 is 0 Å². The molecule has 5 nitrogen and oxygen atoms in total. The number of pyridine rings is 1. The van der Waals surface area contributed by atoms with Crippen LogP contribution in [-0.4, -0.2) is 34.8 Å². The topological polar surface area (TPSA) is 62.3 Å². The smallest absolute Gasteiger partial charge is 0.272 e. The molecule has 0 unspecified atom stereocenters. The van der Waals surface area contributed by atoms with Gasteiger partial charge in [0.2, 0.25) is 0 Å². The van der Waals surface area contributed by atoms with Crippen molar-refractivity contribution in [3.63, 3.8) is 0 Å². The van der Waals surface area contributed by atoms with Crippen molar-refractivity contribution < 1.29 is 9.59 Å². The summed E-state index contributed by atoms with van der Waals surface area (Å²) in [6.07, 6.45) is 4.68. The third kappa shape index (κ3) is 4.17. The number of aromatic nitrogens is 1. The summed E-state index contributed by atoms with van der Waals surface area (Å²) in [5, 5.41) is 3.39. The number of nitrogens with one attached hydrogen (secondary N) is 1. The second-order valence-electron chi connectivity index (χ2n) is 6.20. The number of piperidine rings is 1. The van der Waals surface area contributed by atoms with Gasteiger partial charge in [-0.1, -0.05) is 17.7 Å². The van der Waals surface area contributed by atoms with E-state index in [-0.39, 0.29) is 11.8 Å². The summed E-state index contributed by atoms with van der Waals surface area (Å²) in [6.45, 7) is 3.39. The lowest BCUT2D eigenvalue weighted by Crippen LogP contribution is -2.36. The van der Waals surface area contributed by atoms with Crippen molar-refractivity contribution in [3.05, 3.63) is 58.4 Å². The molecule has 2 heterocycles. The van der Waals surface area contributed by atoms with E-state index in [1.807, 2.05) is 13.0 Å². The number of hydrogen-bond acceptors (Lipinski definition) is 3. The highest BCUT2D eigenvalue weighted by molar-refractivity contribution is 6.31. The highest BCUT2D eigenvalue weighted by Gasteiger charge is 2.20. The lowest BCUT2D eigenvalue weighted by atomic mass is 10.1. The second kappa shape index (κ2) is 7.66. The lowest BCUT2D eigenvalue weighted by Gasteiger charge is -2.26.